The lowest BCUT2D eigenvalue weighted by molar-refractivity contribution is -0.137. The normalized spacial score (nSPS) is 16.5. The molecule has 4 aromatic rings. The van der Waals surface area contributed by atoms with Crippen LogP contribution in [0.4, 0.5) is 19.0 Å². The summed E-state index contributed by atoms with van der Waals surface area (Å²) in [6.07, 6.45) is 0.959. The van der Waals surface area contributed by atoms with Crippen LogP contribution in [0.1, 0.15) is 18.4 Å². The van der Waals surface area contributed by atoms with Gasteiger partial charge < -0.3 is 14.6 Å². The van der Waals surface area contributed by atoms with Crippen LogP contribution in [0.25, 0.3) is 27.8 Å². The average Bonchev–Trinajstić information content (AvgIpc) is 3.46. The van der Waals surface area contributed by atoms with Crippen LogP contribution in [-0.2, 0) is 10.9 Å². The molecule has 1 atom stereocenters. The van der Waals surface area contributed by atoms with Gasteiger partial charge >= 0.3 is 6.18 Å². The zero-order valence-corrected chi connectivity index (χ0v) is 17.1. The number of nitrogens with one attached hydrogen (secondary N) is 1. The first-order chi connectivity index (χ1) is 15.5. The molecule has 0 spiro atoms. The topological polar surface area (TPSA) is 52.0 Å². The van der Waals surface area contributed by atoms with Crippen LogP contribution in [0.5, 0.6) is 0 Å². The molecule has 2 aromatic carbocycles. The maximum Gasteiger partial charge on any atom is 0.416 e. The van der Waals surface area contributed by atoms with Crippen LogP contribution >= 0.6 is 0 Å². The number of hydrogen-bond acceptors (Lipinski definition) is 4. The molecule has 0 bridgehead atoms. The highest BCUT2D eigenvalue weighted by Crippen LogP contribution is 2.37. The van der Waals surface area contributed by atoms with Gasteiger partial charge in [0.15, 0.2) is 5.65 Å². The van der Waals surface area contributed by atoms with Crippen molar-refractivity contribution < 1.29 is 17.9 Å². The second-order valence-corrected chi connectivity index (χ2v) is 7.76. The largest absolute Gasteiger partial charge is 0.416 e. The SMILES string of the molecule is FC(F)(F)c1cccc(-n2cc(-c3ccccc3)c3c(NC[C@@H]4CCCO4)ncnc32)c1. The van der Waals surface area contributed by atoms with Gasteiger partial charge in [0.25, 0.3) is 0 Å². The van der Waals surface area contributed by atoms with Gasteiger partial charge in [0.05, 0.1) is 17.1 Å². The lowest BCUT2D eigenvalue weighted by atomic mass is 10.1. The molecule has 0 aliphatic carbocycles. The zero-order valence-electron chi connectivity index (χ0n) is 17.1. The number of nitrogens with zero attached hydrogens (tertiary/aromatic N) is 3. The summed E-state index contributed by atoms with van der Waals surface area (Å²) in [4.78, 5) is 8.88. The Hall–Kier alpha value is -3.39. The maximum atomic E-state index is 13.3. The Morgan fingerprint density at radius 1 is 1.06 bits per heavy atom. The summed E-state index contributed by atoms with van der Waals surface area (Å²) < 4.78 is 47.4. The minimum absolute atomic E-state index is 0.116. The third-order valence-electron chi connectivity index (χ3n) is 5.64. The molecular weight excluding hydrogens is 417 g/mol. The van der Waals surface area contributed by atoms with Gasteiger partial charge in [-0.05, 0) is 36.6 Å². The standard InChI is InChI=1S/C24H21F3N4O/c25-24(26,27)17-8-4-9-18(12-17)31-14-20(16-6-2-1-3-7-16)21-22(29-15-30-23(21)31)28-13-19-10-5-11-32-19/h1-4,6-9,12,14-15,19H,5,10-11,13H2,(H,28,29,30)/t19-/m0/s1. The molecule has 32 heavy (non-hydrogen) atoms. The van der Waals surface area contributed by atoms with Crippen molar-refractivity contribution >= 4 is 16.9 Å². The summed E-state index contributed by atoms with van der Waals surface area (Å²) in [5.41, 5.74) is 1.99. The average molecular weight is 438 g/mol. The van der Waals surface area contributed by atoms with Gasteiger partial charge in [0.1, 0.15) is 12.1 Å². The van der Waals surface area contributed by atoms with E-state index in [9.17, 15) is 13.2 Å². The number of fused-ring (bicyclic) bond motifs is 1. The van der Waals surface area contributed by atoms with Crippen molar-refractivity contribution in [3.8, 4) is 16.8 Å². The van der Waals surface area contributed by atoms with Crippen molar-refractivity contribution in [3.63, 3.8) is 0 Å². The number of alkyl halides is 3. The van der Waals surface area contributed by atoms with Gasteiger partial charge in [-0.15, -0.1) is 0 Å². The van der Waals surface area contributed by atoms with E-state index >= 15 is 0 Å². The monoisotopic (exact) mass is 438 g/mol. The number of benzene rings is 2. The Kier molecular flexibility index (Phi) is 5.30. The Morgan fingerprint density at radius 2 is 1.91 bits per heavy atom. The molecule has 1 aliphatic rings. The van der Waals surface area contributed by atoms with Crippen LogP contribution in [0.15, 0.2) is 67.1 Å². The molecule has 3 heterocycles. The summed E-state index contributed by atoms with van der Waals surface area (Å²) in [6.45, 7) is 1.36. The molecule has 8 heteroatoms. The third-order valence-corrected chi connectivity index (χ3v) is 5.64. The maximum absolute atomic E-state index is 13.3. The number of aromatic nitrogens is 3. The molecule has 1 N–H and O–H groups in total. The van der Waals surface area contributed by atoms with E-state index in [1.165, 1.54) is 12.4 Å². The predicted molar refractivity (Wildman–Crippen MR) is 117 cm³/mol. The van der Waals surface area contributed by atoms with Gasteiger partial charge in [-0.3, -0.25) is 0 Å². The van der Waals surface area contributed by atoms with Crippen molar-refractivity contribution in [2.75, 3.05) is 18.5 Å². The van der Waals surface area contributed by atoms with Gasteiger partial charge in [-0.2, -0.15) is 13.2 Å². The summed E-state index contributed by atoms with van der Waals surface area (Å²) in [7, 11) is 0. The van der Waals surface area contributed by atoms with Gasteiger partial charge in [-0.1, -0.05) is 36.4 Å². The molecule has 5 nitrogen and oxygen atoms in total. The van der Waals surface area contributed by atoms with E-state index in [1.807, 2.05) is 36.5 Å². The zero-order chi connectivity index (χ0) is 22.1. The number of ether oxygens (including phenoxy) is 1. The molecule has 1 fully saturated rings. The van der Waals surface area contributed by atoms with Gasteiger partial charge in [-0.25, -0.2) is 9.97 Å². The number of hydrogen-bond donors (Lipinski definition) is 1. The minimum atomic E-state index is -4.43. The number of halogens is 3. The Morgan fingerprint density at radius 3 is 2.66 bits per heavy atom. The Bertz CT molecular complexity index is 1230. The van der Waals surface area contributed by atoms with E-state index in [1.54, 1.807) is 10.6 Å². The van der Waals surface area contributed by atoms with Crippen molar-refractivity contribution in [1.82, 2.24) is 14.5 Å². The highest BCUT2D eigenvalue weighted by atomic mass is 19.4. The number of rotatable bonds is 5. The third kappa shape index (κ3) is 3.93. The van der Waals surface area contributed by atoms with Crippen LogP contribution in [0, 0.1) is 0 Å². The van der Waals surface area contributed by atoms with Crippen LogP contribution in [-0.4, -0.2) is 33.8 Å². The fourth-order valence-electron chi connectivity index (χ4n) is 4.08. The predicted octanol–water partition coefficient (Wildman–Crippen LogP) is 5.70. The fourth-order valence-corrected chi connectivity index (χ4v) is 4.08. The molecule has 2 aromatic heterocycles. The van der Waals surface area contributed by atoms with E-state index in [0.29, 0.717) is 23.7 Å². The van der Waals surface area contributed by atoms with E-state index in [-0.39, 0.29) is 6.10 Å². The summed E-state index contributed by atoms with van der Waals surface area (Å²) >= 11 is 0. The molecule has 164 valence electrons. The van der Waals surface area contributed by atoms with Gasteiger partial charge in [0.2, 0.25) is 0 Å². The summed E-state index contributed by atoms with van der Waals surface area (Å²) in [5.74, 6) is 0.634. The molecule has 5 rings (SSSR count). The van der Waals surface area contributed by atoms with E-state index in [2.05, 4.69) is 15.3 Å². The lowest BCUT2D eigenvalue weighted by Crippen LogP contribution is -2.19. The summed E-state index contributed by atoms with van der Waals surface area (Å²) in [6, 6.07) is 14.9. The van der Waals surface area contributed by atoms with Crippen molar-refractivity contribution in [2.45, 2.75) is 25.1 Å². The Balaban J connectivity index is 1.65. The first-order valence-electron chi connectivity index (χ1n) is 10.5. The molecule has 0 saturated carbocycles. The second-order valence-electron chi connectivity index (χ2n) is 7.76. The first-order valence-corrected chi connectivity index (χ1v) is 10.5. The molecular formula is C24H21F3N4O. The quantitative estimate of drug-likeness (QED) is 0.435. The molecule has 1 saturated heterocycles. The smallest absolute Gasteiger partial charge is 0.376 e. The van der Waals surface area contributed by atoms with Crippen LogP contribution < -0.4 is 5.32 Å². The van der Waals surface area contributed by atoms with E-state index in [0.717, 1.165) is 48.1 Å². The first kappa shape index (κ1) is 20.5. The molecule has 0 radical (unpaired) electrons. The van der Waals surface area contributed by atoms with Crippen LogP contribution in [0.3, 0.4) is 0 Å². The Labute approximate surface area is 182 Å². The van der Waals surface area contributed by atoms with Crippen molar-refractivity contribution in [2.24, 2.45) is 0 Å². The van der Waals surface area contributed by atoms with E-state index < -0.39 is 11.7 Å². The van der Waals surface area contributed by atoms with Crippen molar-refractivity contribution in [1.29, 1.82) is 0 Å². The van der Waals surface area contributed by atoms with Gasteiger partial charge in [0, 0.05) is 30.6 Å². The highest BCUT2D eigenvalue weighted by Gasteiger charge is 2.31. The molecule has 0 unspecified atom stereocenters. The van der Waals surface area contributed by atoms with Crippen molar-refractivity contribution in [3.05, 3.63) is 72.7 Å². The minimum Gasteiger partial charge on any atom is -0.376 e. The van der Waals surface area contributed by atoms with Crippen LogP contribution in [0.2, 0.25) is 0 Å². The van der Waals surface area contributed by atoms with E-state index in [4.69, 9.17) is 4.74 Å². The molecule has 1 aliphatic heterocycles. The fraction of sp³-hybridized carbons (Fsp3) is 0.250. The lowest BCUT2D eigenvalue weighted by Gasteiger charge is -2.13. The summed E-state index contributed by atoms with van der Waals surface area (Å²) in [5, 5.41) is 4.13. The molecule has 0 amide bonds. The number of anilines is 1. The highest BCUT2D eigenvalue weighted by molar-refractivity contribution is 6.02. The second kappa shape index (κ2) is 8.27.